The van der Waals surface area contributed by atoms with Crippen molar-refractivity contribution < 1.29 is 5.11 Å². The molecule has 0 aromatic carbocycles. The molecule has 0 heterocycles. The van der Waals surface area contributed by atoms with E-state index < -0.39 is 0 Å². The van der Waals surface area contributed by atoms with Crippen LogP contribution in [-0.4, -0.2) is 11.7 Å². The fraction of sp³-hybridized carbons (Fsp3) is 0.733. The third kappa shape index (κ3) is 29.8. The van der Waals surface area contributed by atoms with E-state index in [0.717, 1.165) is 49.9 Å². The molecule has 0 saturated heterocycles. The highest BCUT2D eigenvalue weighted by atomic mass is 16.2. The van der Waals surface area contributed by atoms with Gasteiger partial charge in [-0.05, 0) is 136 Å². The van der Waals surface area contributed by atoms with Crippen LogP contribution in [0.3, 0.4) is 0 Å². The van der Waals surface area contributed by atoms with Gasteiger partial charge >= 0.3 is 0 Å². The molecule has 1 N–H and O–H groups in total. The van der Waals surface area contributed by atoms with Crippen LogP contribution in [0.5, 0.6) is 0 Å². The van der Waals surface area contributed by atoms with Crippen molar-refractivity contribution in [2.24, 2.45) is 17.8 Å². The largest absolute Gasteiger partial charge is 0.392 e. The first-order valence-corrected chi connectivity index (χ1v) is 19.5. The lowest BCUT2D eigenvalue weighted by Crippen LogP contribution is -2.00. The molecule has 0 spiro atoms. The monoisotopic (exact) mass is 637 g/mol. The molecule has 46 heavy (non-hydrogen) atoms. The van der Waals surface area contributed by atoms with Crippen molar-refractivity contribution in [2.45, 2.75) is 191 Å². The maximum atomic E-state index is 8.97. The summed E-state index contributed by atoms with van der Waals surface area (Å²) >= 11 is 0. The van der Waals surface area contributed by atoms with Crippen molar-refractivity contribution in [3.05, 3.63) is 69.9 Å². The normalized spacial score (nSPS) is 15.7. The van der Waals surface area contributed by atoms with Gasteiger partial charge in [-0.25, -0.2) is 0 Å². The van der Waals surface area contributed by atoms with Gasteiger partial charge in [0.2, 0.25) is 0 Å². The molecule has 0 rings (SSSR count). The van der Waals surface area contributed by atoms with E-state index in [0.29, 0.717) is 0 Å². The zero-order valence-corrected chi connectivity index (χ0v) is 32.8. The molecule has 2 atom stereocenters. The Morgan fingerprint density at radius 3 is 1.00 bits per heavy atom. The average molecular weight is 637 g/mol. The molecule has 0 aliphatic carbocycles. The fourth-order valence-corrected chi connectivity index (χ4v) is 6.21. The second kappa shape index (κ2) is 29.5. The van der Waals surface area contributed by atoms with Gasteiger partial charge in [0.25, 0.3) is 0 Å². The van der Waals surface area contributed by atoms with E-state index in [1.807, 2.05) is 6.08 Å². The Balaban J connectivity index is 4.07. The van der Waals surface area contributed by atoms with Crippen molar-refractivity contribution in [3.8, 4) is 0 Å². The molecular formula is C45H80O. The molecule has 0 amide bonds. The van der Waals surface area contributed by atoms with E-state index in [9.17, 15) is 0 Å². The van der Waals surface area contributed by atoms with Gasteiger partial charge in [-0.15, -0.1) is 0 Å². The quantitative estimate of drug-likeness (QED) is 0.0847. The Bertz CT molecular complexity index is 934. The number of hydrogen-bond acceptors (Lipinski definition) is 1. The zero-order chi connectivity index (χ0) is 34.6. The van der Waals surface area contributed by atoms with Crippen LogP contribution in [0.15, 0.2) is 69.9 Å². The number of aliphatic hydroxyl groups excluding tert-OH is 1. The molecule has 0 aliphatic heterocycles. The van der Waals surface area contributed by atoms with Crippen molar-refractivity contribution in [2.75, 3.05) is 6.61 Å². The average Bonchev–Trinajstić information content (AvgIpc) is 2.97. The van der Waals surface area contributed by atoms with Crippen LogP contribution in [0.4, 0.5) is 0 Å². The molecule has 266 valence electrons. The molecule has 0 fully saturated rings. The van der Waals surface area contributed by atoms with Crippen LogP contribution in [0.1, 0.15) is 191 Å². The Morgan fingerprint density at radius 2 is 0.674 bits per heavy atom. The summed E-state index contributed by atoms with van der Waals surface area (Å²) in [7, 11) is 0. The van der Waals surface area contributed by atoms with E-state index in [-0.39, 0.29) is 6.61 Å². The maximum absolute atomic E-state index is 8.97. The van der Waals surface area contributed by atoms with Gasteiger partial charge in [0, 0.05) is 0 Å². The topological polar surface area (TPSA) is 20.2 Å². The second-order valence-corrected chi connectivity index (χ2v) is 15.5. The summed E-state index contributed by atoms with van der Waals surface area (Å²) in [4.78, 5) is 0. The van der Waals surface area contributed by atoms with E-state index in [1.165, 1.54) is 112 Å². The molecule has 1 nitrogen and oxygen atoms in total. The first-order valence-electron chi connectivity index (χ1n) is 19.5. The molecule has 0 aliphatic rings. The first kappa shape index (κ1) is 44.4. The highest BCUT2D eigenvalue weighted by Gasteiger charge is 2.07. The second-order valence-electron chi connectivity index (χ2n) is 15.5. The van der Waals surface area contributed by atoms with Gasteiger partial charge in [0.1, 0.15) is 0 Å². The minimum Gasteiger partial charge on any atom is -0.392 e. The zero-order valence-electron chi connectivity index (χ0n) is 32.8. The smallest absolute Gasteiger partial charge is 0.0614 e. The summed E-state index contributed by atoms with van der Waals surface area (Å²) < 4.78 is 0. The summed E-state index contributed by atoms with van der Waals surface area (Å²) in [5, 5.41) is 8.97. The standard InChI is InChI=1S/C45H80O/c1-37(2)19-11-20-38(3)21-12-22-39(4)23-13-24-40(5)25-14-26-41(6)27-15-28-42(7)29-16-30-43(8)31-17-32-44(9)33-18-34-45(10)35-36-46/h25,27,29,31,33,35,37-39,46H,11-24,26,28,30,32,34,36H2,1-10H3/b40-25+,41-27-,42-29-,43-31-,44-33-,45-35-/t38-,39-/m1/s1. The van der Waals surface area contributed by atoms with E-state index in [1.54, 1.807) is 11.1 Å². The Hall–Kier alpha value is -1.60. The third-order valence-corrected chi connectivity index (χ3v) is 9.74. The van der Waals surface area contributed by atoms with Crippen LogP contribution >= 0.6 is 0 Å². The van der Waals surface area contributed by atoms with Crippen molar-refractivity contribution in [3.63, 3.8) is 0 Å². The van der Waals surface area contributed by atoms with Gasteiger partial charge in [0.05, 0.1) is 6.61 Å². The summed E-state index contributed by atoms with van der Waals surface area (Å²) in [5.74, 6) is 2.65. The van der Waals surface area contributed by atoms with Gasteiger partial charge in [-0.3, -0.25) is 0 Å². The van der Waals surface area contributed by atoms with E-state index in [2.05, 4.69) is 99.6 Å². The molecule has 0 saturated carbocycles. The van der Waals surface area contributed by atoms with Crippen LogP contribution in [0, 0.1) is 17.8 Å². The Morgan fingerprint density at radius 1 is 0.391 bits per heavy atom. The highest BCUT2D eigenvalue weighted by Crippen LogP contribution is 2.22. The predicted molar refractivity (Wildman–Crippen MR) is 211 cm³/mol. The molecule has 0 bridgehead atoms. The van der Waals surface area contributed by atoms with Crippen LogP contribution in [0.25, 0.3) is 0 Å². The minimum atomic E-state index is 0.153. The lowest BCUT2D eigenvalue weighted by molar-refractivity contribution is 0.341. The SMILES string of the molecule is C/C(=C/CO)CC/C=C(/C)CC/C=C(/C)CC/C=C(/C)CC/C=C(/C)CC/C=C(\C)CCC[C@H](C)CCC[C@H](C)CCCC(C)C. The summed E-state index contributed by atoms with van der Waals surface area (Å²) in [5.41, 5.74) is 8.93. The molecule has 1 heteroatoms. The number of hydrogen-bond donors (Lipinski definition) is 1. The van der Waals surface area contributed by atoms with Gasteiger partial charge in [-0.1, -0.05) is 143 Å². The van der Waals surface area contributed by atoms with E-state index in [4.69, 9.17) is 5.11 Å². The molecular weight excluding hydrogens is 556 g/mol. The highest BCUT2D eigenvalue weighted by molar-refractivity contribution is 5.09. The van der Waals surface area contributed by atoms with Crippen LogP contribution in [0.2, 0.25) is 0 Å². The number of rotatable bonds is 28. The van der Waals surface area contributed by atoms with Crippen LogP contribution in [-0.2, 0) is 0 Å². The van der Waals surface area contributed by atoms with E-state index >= 15 is 0 Å². The molecule has 0 aromatic heterocycles. The number of allylic oxidation sites excluding steroid dienone is 11. The summed E-state index contributed by atoms with van der Waals surface area (Å²) in [6.07, 6.45) is 38.1. The first-order chi connectivity index (χ1) is 21.9. The predicted octanol–water partition coefficient (Wildman–Crippen LogP) is 15.0. The van der Waals surface area contributed by atoms with Crippen molar-refractivity contribution in [1.82, 2.24) is 0 Å². The summed E-state index contributed by atoms with van der Waals surface area (Å²) in [6.45, 7) is 23.4. The van der Waals surface area contributed by atoms with Crippen molar-refractivity contribution >= 4 is 0 Å². The lowest BCUT2D eigenvalue weighted by Gasteiger charge is -2.15. The third-order valence-electron chi connectivity index (χ3n) is 9.74. The molecule has 0 unspecified atom stereocenters. The lowest BCUT2D eigenvalue weighted by atomic mass is 9.91. The van der Waals surface area contributed by atoms with Gasteiger partial charge in [0.15, 0.2) is 0 Å². The molecule has 0 aromatic rings. The van der Waals surface area contributed by atoms with Gasteiger partial charge < -0.3 is 5.11 Å². The summed E-state index contributed by atoms with van der Waals surface area (Å²) in [6, 6.07) is 0. The van der Waals surface area contributed by atoms with Crippen LogP contribution < -0.4 is 0 Å². The number of aliphatic hydroxyl groups is 1. The minimum absolute atomic E-state index is 0.153. The Kier molecular flexibility index (Phi) is 28.5. The Labute approximate surface area is 289 Å². The maximum Gasteiger partial charge on any atom is 0.0614 e. The fourth-order valence-electron chi connectivity index (χ4n) is 6.21. The molecule has 0 radical (unpaired) electrons. The van der Waals surface area contributed by atoms with Gasteiger partial charge in [-0.2, -0.15) is 0 Å². The van der Waals surface area contributed by atoms with Crippen molar-refractivity contribution in [1.29, 1.82) is 0 Å².